The van der Waals surface area contributed by atoms with E-state index in [1.807, 2.05) is 17.0 Å². The van der Waals surface area contributed by atoms with Gasteiger partial charge in [-0.15, -0.1) is 10.2 Å². The molecule has 0 bridgehead atoms. The first-order valence-corrected chi connectivity index (χ1v) is 12.7. The van der Waals surface area contributed by atoms with Crippen LogP contribution in [-0.2, 0) is 9.59 Å². The van der Waals surface area contributed by atoms with Gasteiger partial charge < -0.3 is 20.9 Å². The highest BCUT2D eigenvalue weighted by Crippen LogP contribution is 2.23. The number of nitrogens with one attached hydrogen (secondary N) is 3. The van der Waals surface area contributed by atoms with E-state index in [1.165, 1.54) is 12.1 Å². The molecule has 3 N–H and O–H groups in total. The monoisotopic (exact) mass is 518 g/mol. The van der Waals surface area contributed by atoms with Gasteiger partial charge in [-0.3, -0.25) is 14.4 Å². The number of carbonyl (C=O) groups excluding carboxylic acids is 3. The third kappa shape index (κ3) is 7.12. The normalized spacial score (nSPS) is 15.0. The second kappa shape index (κ2) is 12.8. The van der Waals surface area contributed by atoms with E-state index in [4.69, 9.17) is 0 Å². The predicted molar refractivity (Wildman–Crippen MR) is 143 cm³/mol. The van der Waals surface area contributed by atoms with Crippen LogP contribution in [0.15, 0.2) is 60.7 Å². The Balaban J connectivity index is 1.21. The number of benzene rings is 2. The second-order valence-corrected chi connectivity index (χ2v) is 9.09. The number of piperidine rings is 1. The SMILES string of the molecule is CCC(=O)Nc1ccc(C(=O)NCCNC(=O)C2CCCN(c3ccc(-c4ccc(F)cc4)nn3)C2)cc1. The van der Waals surface area contributed by atoms with Crippen molar-refractivity contribution < 1.29 is 18.8 Å². The van der Waals surface area contributed by atoms with Crippen LogP contribution in [0.4, 0.5) is 15.9 Å². The number of carbonyl (C=O) groups is 3. The summed E-state index contributed by atoms with van der Waals surface area (Å²) < 4.78 is 13.2. The molecule has 3 aromatic rings. The Morgan fingerprint density at radius 1 is 0.947 bits per heavy atom. The first kappa shape index (κ1) is 26.7. The van der Waals surface area contributed by atoms with Gasteiger partial charge in [0.15, 0.2) is 5.82 Å². The van der Waals surface area contributed by atoms with E-state index < -0.39 is 0 Å². The minimum atomic E-state index is -0.303. The average molecular weight is 519 g/mol. The molecular formula is C28H31FN6O3. The van der Waals surface area contributed by atoms with Crippen LogP contribution in [0.1, 0.15) is 36.5 Å². The van der Waals surface area contributed by atoms with Crippen LogP contribution in [0.25, 0.3) is 11.3 Å². The van der Waals surface area contributed by atoms with Crippen molar-refractivity contribution in [3.63, 3.8) is 0 Å². The number of aromatic nitrogens is 2. The second-order valence-electron chi connectivity index (χ2n) is 9.09. The standard InChI is InChI=1S/C28H31FN6O3/c1-2-26(36)32-23-11-7-20(8-12-23)27(37)30-15-16-31-28(38)21-4-3-17-35(18-21)25-14-13-24(33-34-25)19-5-9-22(29)10-6-19/h5-14,21H,2-4,15-18H2,1H3,(H,30,37)(H,31,38)(H,32,36). The summed E-state index contributed by atoms with van der Waals surface area (Å²) in [5.74, 6) is -0.199. The third-order valence-corrected chi connectivity index (χ3v) is 6.37. The highest BCUT2D eigenvalue weighted by atomic mass is 19.1. The quantitative estimate of drug-likeness (QED) is 0.374. The molecule has 10 heteroatoms. The molecule has 9 nitrogen and oxygen atoms in total. The van der Waals surface area contributed by atoms with Crippen LogP contribution in [-0.4, -0.2) is 54.1 Å². The van der Waals surface area contributed by atoms with Gasteiger partial charge in [0.25, 0.3) is 5.91 Å². The third-order valence-electron chi connectivity index (χ3n) is 6.37. The van der Waals surface area contributed by atoms with Crippen molar-refractivity contribution >= 4 is 29.2 Å². The average Bonchev–Trinajstić information content (AvgIpc) is 2.96. The molecule has 2 aromatic carbocycles. The Morgan fingerprint density at radius 2 is 1.68 bits per heavy atom. The molecule has 1 atom stereocenters. The van der Waals surface area contributed by atoms with Gasteiger partial charge in [-0.1, -0.05) is 6.92 Å². The summed E-state index contributed by atoms with van der Waals surface area (Å²) in [4.78, 5) is 38.6. The van der Waals surface area contributed by atoms with Gasteiger partial charge in [0, 0.05) is 49.4 Å². The van der Waals surface area contributed by atoms with Crippen LogP contribution < -0.4 is 20.9 Å². The molecule has 1 saturated heterocycles. The van der Waals surface area contributed by atoms with Crippen molar-refractivity contribution in [2.75, 3.05) is 36.4 Å². The zero-order valence-electron chi connectivity index (χ0n) is 21.2. The fourth-order valence-corrected chi connectivity index (χ4v) is 4.23. The van der Waals surface area contributed by atoms with Gasteiger partial charge in [-0.2, -0.15) is 0 Å². The van der Waals surface area contributed by atoms with Gasteiger partial charge in [-0.05, 0) is 73.5 Å². The summed E-state index contributed by atoms with van der Waals surface area (Å²) in [6.07, 6.45) is 2.01. The fourth-order valence-electron chi connectivity index (χ4n) is 4.23. The zero-order valence-corrected chi connectivity index (χ0v) is 21.2. The summed E-state index contributed by atoms with van der Waals surface area (Å²) in [6, 6.07) is 16.5. The molecule has 4 rings (SSSR count). The van der Waals surface area contributed by atoms with Crippen molar-refractivity contribution in [1.82, 2.24) is 20.8 Å². The molecule has 38 heavy (non-hydrogen) atoms. The maximum absolute atomic E-state index is 13.2. The summed E-state index contributed by atoms with van der Waals surface area (Å²) in [5.41, 5.74) is 2.55. The van der Waals surface area contributed by atoms with E-state index in [2.05, 4.69) is 26.1 Å². The predicted octanol–water partition coefficient (Wildman–Crippen LogP) is 3.39. The highest BCUT2D eigenvalue weighted by Gasteiger charge is 2.26. The molecule has 3 amide bonds. The number of amides is 3. The molecule has 0 spiro atoms. The molecule has 1 fully saturated rings. The van der Waals surface area contributed by atoms with Gasteiger partial charge >= 0.3 is 0 Å². The first-order valence-electron chi connectivity index (χ1n) is 12.7. The van der Waals surface area contributed by atoms with E-state index in [0.29, 0.717) is 48.8 Å². The molecule has 0 radical (unpaired) electrons. The van der Waals surface area contributed by atoms with Crippen LogP contribution in [0.3, 0.4) is 0 Å². The van der Waals surface area contributed by atoms with Gasteiger partial charge in [0.05, 0.1) is 11.6 Å². The lowest BCUT2D eigenvalue weighted by Crippen LogP contribution is -2.45. The smallest absolute Gasteiger partial charge is 0.251 e. The summed E-state index contributed by atoms with van der Waals surface area (Å²) in [7, 11) is 0. The van der Waals surface area contributed by atoms with E-state index in [-0.39, 0.29) is 29.5 Å². The Morgan fingerprint density at radius 3 is 2.37 bits per heavy atom. The number of rotatable bonds is 9. The number of anilines is 2. The number of nitrogens with zero attached hydrogens (tertiary/aromatic N) is 3. The Kier molecular flexibility index (Phi) is 8.97. The number of halogens is 1. The number of hydrogen-bond acceptors (Lipinski definition) is 6. The van der Waals surface area contributed by atoms with Crippen molar-refractivity contribution in [3.8, 4) is 11.3 Å². The molecule has 1 aliphatic heterocycles. The van der Waals surface area contributed by atoms with Crippen molar-refractivity contribution in [1.29, 1.82) is 0 Å². The lowest BCUT2D eigenvalue weighted by molar-refractivity contribution is -0.125. The van der Waals surface area contributed by atoms with Crippen LogP contribution >= 0.6 is 0 Å². The van der Waals surface area contributed by atoms with Crippen molar-refractivity contribution in [3.05, 3.63) is 72.0 Å². The molecule has 1 unspecified atom stereocenters. The van der Waals surface area contributed by atoms with E-state index in [9.17, 15) is 18.8 Å². The van der Waals surface area contributed by atoms with Crippen LogP contribution in [0, 0.1) is 11.7 Å². The minimum Gasteiger partial charge on any atom is -0.354 e. The molecule has 2 heterocycles. The van der Waals surface area contributed by atoms with Crippen molar-refractivity contribution in [2.24, 2.45) is 5.92 Å². The van der Waals surface area contributed by atoms with E-state index in [0.717, 1.165) is 24.9 Å². The fraction of sp³-hybridized carbons (Fsp3) is 0.321. The largest absolute Gasteiger partial charge is 0.354 e. The van der Waals surface area contributed by atoms with E-state index >= 15 is 0 Å². The maximum atomic E-state index is 13.2. The molecule has 198 valence electrons. The number of hydrogen-bond donors (Lipinski definition) is 3. The zero-order chi connectivity index (χ0) is 26.9. The summed E-state index contributed by atoms with van der Waals surface area (Å²) in [6.45, 7) is 3.70. The molecule has 0 aliphatic carbocycles. The first-order chi connectivity index (χ1) is 18.4. The summed E-state index contributed by atoms with van der Waals surface area (Å²) in [5, 5.41) is 17.0. The van der Waals surface area contributed by atoms with Gasteiger partial charge in [-0.25, -0.2) is 4.39 Å². The van der Waals surface area contributed by atoms with Crippen LogP contribution in [0.5, 0.6) is 0 Å². The minimum absolute atomic E-state index is 0.0594. The lowest BCUT2D eigenvalue weighted by atomic mass is 9.97. The maximum Gasteiger partial charge on any atom is 0.251 e. The summed E-state index contributed by atoms with van der Waals surface area (Å²) >= 11 is 0. The van der Waals surface area contributed by atoms with E-state index in [1.54, 1.807) is 43.3 Å². The molecule has 0 saturated carbocycles. The highest BCUT2D eigenvalue weighted by molar-refractivity contribution is 5.95. The van der Waals surface area contributed by atoms with Gasteiger partial charge in [0.1, 0.15) is 5.82 Å². The lowest BCUT2D eigenvalue weighted by Gasteiger charge is -2.32. The molecular weight excluding hydrogens is 487 g/mol. The van der Waals surface area contributed by atoms with Crippen molar-refractivity contribution in [2.45, 2.75) is 26.2 Å². The Hall–Kier alpha value is -4.34. The Bertz CT molecular complexity index is 1250. The Labute approximate surface area is 220 Å². The molecule has 1 aromatic heterocycles. The van der Waals surface area contributed by atoms with Crippen LogP contribution in [0.2, 0.25) is 0 Å². The molecule has 1 aliphatic rings. The topological polar surface area (TPSA) is 116 Å². The van der Waals surface area contributed by atoms with Gasteiger partial charge in [0.2, 0.25) is 11.8 Å².